The number of likely N-dealkylation sites (N-methyl/N-ethyl adjacent to an activating group) is 1. The van der Waals surface area contributed by atoms with Crippen molar-refractivity contribution in [3.8, 4) is 11.4 Å². The van der Waals surface area contributed by atoms with Crippen molar-refractivity contribution in [2.24, 2.45) is 0 Å². The molecular formula is C22H26N4O4S. The van der Waals surface area contributed by atoms with Crippen LogP contribution < -0.4 is 4.31 Å². The second kappa shape index (κ2) is 8.89. The second-order valence-corrected chi connectivity index (χ2v) is 9.55. The van der Waals surface area contributed by atoms with Crippen LogP contribution >= 0.6 is 0 Å². The van der Waals surface area contributed by atoms with E-state index in [4.69, 9.17) is 4.52 Å². The van der Waals surface area contributed by atoms with Gasteiger partial charge in [-0.3, -0.25) is 9.10 Å². The van der Waals surface area contributed by atoms with Crippen LogP contribution in [0.4, 0.5) is 5.69 Å². The molecule has 8 nitrogen and oxygen atoms in total. The first-order valence-corrected chi connectivity index (χ1v) is 11.6. The van der Waals surface area contributed by atoms with Gasteiger partial charge in [0, 0.05) is 12.6 Å². The monoisotopic (exact) mass is 442 g/mol. The molecule has 1 amide bonds. The van der Waals surface area contributed by atoms with Crippen LogP contribution in [0.2, 0.25) is 0 Å². The van der Waals surface area contributed by atoms with Gasteiger partial charge in [0.2, 0.25) is 27.6 Å². The van der Waals surface area contributed by atoms with E-state index in [9.17, 15) is 13.2 Å². The van der Waals surface area contributed by atoms with Crippen molar-refractivity contribution in [3.63, 3.8) is 0 Å². The molecule has 0 saturated heterocycles. The molecule has 0 atom stereocenters. The lowest BCUT2D eigenvalue weighted by atomic mass is 10.1. The summed E-state index contributed by atoms with van der Waals surface area (Å²) in [7, 11) is -2.09. The molecule has 0 aliphatic rings. The van der Waals surface area contributed by atoms with Crippen LogP contribution in [-0.2, 0) is 21.4 Å². The highest BCUT2D eigenvalue weighted by atomic mass is 32.2. The van der Waals surface area contributed by atoms with Crippen LogP contribution in [0.1, 0.15) is 22.6 Å². The first kappa shape index (κ1) is 22.5. The first-order chi connectivity index (χ1) is 14.6. The summed E-state index contributed by atoms with van der Waals surface area (Å²) in [6, 6.07) is 13.2. The van der Waals surface area contributed by atoms with E-state index in [1.165, 1.54) is 4.90 Å². The molecule has 1 heterocycles. The second-order valence-electron chi connectivity index (χ2n) is 7.64. The summed E-state index contributed by atoms with van der Waals surface area (Å²) < 4.78 is 31.3. The molecule has 0 saturated carbocycles. The molecule has 0 unspecified atom stereocenters. The van der Waals surface area contributed by atoms with E-state index in [0.717, 1.165) is 32.8 Å². The zero-order chi connectivity index (χ0) is 22.8. The topological polar surface area (TPSA) is 96.6 Å². The van der Waals surface area contributed by atoms with Gasteiger partial charge in [-0.2, -0.15) is 4.98 Å². The number of sulfonamides is 1. The van der Waals surface area contributed by atoms with E-state index in [0.29, 0.717) is 11.5 Å². The van der Waals surface area contributed by atoms with Crippen molar-refractivity contribution in [3.05, 3.63) is 65.0 Å². The number of aryl methyl sites for hydroxylation is 3. The summed E-state index contributed by atoms with van der Waals surface area (Å²) in [5, 5.41) is 3.98. The van der Waals surface area contributed by atoms with Gasteiger partial charge in [-0.05, 0) is 38.0 Å². The Hall–Kier alpha value is -3.20. The molecule has 0 aliphatic carbocycles. The summed E-state index contributed by atoms with van der Waals surface area (Å²) >= 11 is 0. The number of nitrogens with zero attached hydrogens (tertiary/aromatic N) is 4. The van der Waals surface area contributed by atoms with Crippen LogP contribution in [0.25, 0.3) is 11.4 Å². The average Bonchev–Trinajstić information content (AvgIpc) is 3.14. The number of aromatic nitrogens is 2. The minimum absolute atomic E-state index is 0.0714. The summed E-state index contributed by atoms with van der Waals surface area (Å²) in [4.78, 5) is 18.6. The van der Waals surface area contributed by atoms with Crippen molar-refractivity contribution in [2.45, 2.75) is 27.3 Å². The van der Waals surface area contributed by atoms with E-state index in [-0.39, 0.29) is 24.9 Å². The van der Waals surface area contributed by atoms with Crippen molar-refractivity contribution >= 4 is 21.6 Å². The van der Waals surface area contributed by atoms with Gasteiger partial charge in [-0.25, -0.2) is 8.42 Å². The molecule has 1 aromatic heterocycles. The van der Waals surface area contributed by atoms with E-state index in [1.54, 1.807) is 7.05 Å². The molecule has 0 radical (unpaired) electrons. The Morgan fingerprint density at radius 2 is 1.71 bits per heavy atom. The molecule has 0 spiro atoms. The van der Waals surface area contributed by atoms with Gasteiger partial charge in [0.05, 0.1) is 18.5 Å². The number of anilines is 1. The van der Waals surface area contributed by atoms with Gasteiger partial charge in [0.1, 0.15) is 6.54 Å². The van der Waals surface area contributed by atoms with Gasteiger partial charge in [-0.1, -0.05) is 47.1 Å². The largest absolute Gasteiger partial charge is 0.337 e. The van der Waals surface area contributed by atoms with E-state index >= 15 is 0 Å². The van der Waals surface area contributed by atoms with Gasteiger partial charge in [0.25, 0.3) is 0 Å². The van der Waals surface area contributed by atoms with Crippen molar-refractivity contribution in [2.75, 3.05) is 24.2 Å². The van der Waals surface area contributed by atoms with Crippen LogP contribution in [0.3, 0.4) is 0 Å². The minimum atomic E-state index is -3.67. The number of carbonyl (C=O) groups excluding carboxylic acids is 1. The Labute approximate surface area is 182 Å². The summed E-state index contributed by atoms with van der Waals surface area (Å²) in [6.07, 6.45) is 1.10. The molecule has 3 aromatic rings. The van der Waals surface area contributed by atoms with Crippen LogP contribution in [0.15, 0.2) is 47.0 Å². The molecule has 2 aromatic carbocycles. The third-order valence-corrected chi connectivity index (χ3v) is 6.02. The Morgan fingerprint density at radius 1 is 1.06 bits per heavy atom. The van der Waals surface area contributed by atoms with E-state index in [1.807, 2.05) is 63.2 Å². The quantitative estimate of drug-likeness (QED) is 0.558. The van der Waals surface area contributed by atoms with Crippen molar-refractivity contribution < 1.29 is 17.7 Å². The highest BCUT2D eigenvalue weighted by Gasteiger charge is 2.26. The van der Waals surface area contributed by atoms with Gasteiger partial charge in [-0.15, -0.1) is 0 Å². The first-order valence-electron chi connectivity index (χ1n) is 9.74. The fourth-order valence-corrected chi connectivity index (χ4v) is 4.28. The van der Waals surface area contributed by atoms with Crippen LogP contribution in [0.5, 0.6) is 0 Å². The maximum absolute atomic E-state index is 12.9. The molecule has 0 fully saturated rings. The number of rotatable bonds is 7. The number of amides is 1. The average molecular weight is 443 g/mol. The summed E-state index contributed by atoms with van der Waals surface area (Å²) in [6.45, 7) is 5.36. The van der Waals surface area contributed by atoms with Crippen molar-refractivity contribution in [1.82, 2.24) is 15.0 Å². The predicted molar refractivity (Wildman–Crippen MR) is 119 cm³/mol. The fraction of sp³-hybridized carbons (Fsp3) is 0.318. The Morgan fingerprint density at radius 3 is 2.32 bits per heavy atom. The van der Waals surface area contributed by atoms with Crippen LogP contribution in [0, 0.1) is 20.8 Å². The van der Waals surface area contributed by atoms with Gasteiger partial charge < -0.3 is 9.42 Å². The lowest BCUT2D eigenvalue weighted by Gasteiger charge is -2.27. The SMILES string of the molecule is Cc1cccc(-c2noc(CN(C)C(=O)CN(c3c(C)cccc3C)S(C)(=O)=O)n2)c1. The number of hydrogen-bond donors (Lipinski definition) is 0. The maximum Gasteiger partial charge on any atom is 0.246 e. The lowest BCUT2D eigenvalue weighted by Crippen LogP contribution is -2.41. The predicted octanol–water partition coefficient (Wildman–Crippen LogP) is 3.09. The maximum atomic E-state index is 12.9. The molecule has 164 valence electrons. The van der Waals surface area contributed by atoms with E-state index in [2.05, 4.69) is 10.1 Å². The third-order valence-electron chi connectivity index (χ3n) is 4.91. The summed E-state index contributed by atoms with van der Waals surface area (Å²) in [5.41, 5.74) is 3.97. The Kier molecular flexibility index (Phi) is 6.45. The minimum Gasteiger partial charge on any atom is -0.337 e. The molecule has 0 aliphatic heterocycles. The third kappa shape index (κ3) is 5.29. The normalized spacial score (nSPS) is 11.4. The highest BCUT2D eigenvalue weighted by Crippen LogP contribution is 2.27. The molecule has 0 N–H and O–H groups in total. The number of hydrogen-bond acceptors (Lipinski definition) is 6. The highest BCUT2D eigenvalue weighted by molar-refractivity contribution is 7.92. The number of para-hydroxylation sites is 1. The molecule has 3 rings (SSSR count). The molecule has 0 bridgehead atoms. The zero-order valence-electron chi connectivity index (χ0n) is 18.3. The molecular weight excluding hydrogens is 416 g/mol. The Bertz CT molecular complexity index is 1180. The standard InChI is InChI=1S/C22H26N4O4S/c1-15-8-6-11-18(12-15)22-23-19(30-24-22)13-25(4)20(27)14-26(31(5,28)29)21-16(2)9-7-10-17(21)3/h6-12H,13-14H2,1-5H3. The summed E-state index contributed by atoms with van der Waals surface area (Å²) in [5.74, 6) is 0.321. The number of carbonyl (C=O) groups is 1. The fourth-order valence-electron chi connectivity index (χ4n) is 3.32. The van der Waals surface area contributed by atoms with Crippen molar-refractivity contribution in [1.29, 1.82) is 0 Å². The molecule has 31 heavy (non-hydrogen) atoms. The van der Waals surface area contributed by atoms with E-state index < -0.39 is 10.0 Å². The number of benzene rings is 2. The smallest absolute Gasteiger partial charge is 0.246 e. The van der Waals surface area contributed by atoms with Crippen LogP contribution in [-0.4, -0.2) is 49.2 Å². The van der Waals surface area contributed by atoms with Gasteiger partial charge >= 0.3 is 0 Å². The molecule has 9 heteroatoms. The Balaban J connectivity index is 1.76. The zero-order valence-corrected chi connectivity index (χ0v) is 19.1. The van der Waals surface area contributed by atoms with Gasteiger partial charge in [0.15, 0.2) is 0 Å². The lowest BCUT2D eigenvalue weighted by molar-refractivity contribution is -0.129.